The molecule has 2 aliphatic heterocycles. The third-order valence-corrected chi connectivity index (χ3v) is 10.1. The first kappa shape index (κ1) is 45.6. The van der Waals surface area contributed by atoms with Crippen molar-refractivity contribution in [2.75, 3.05) is 42.6 Å². The van der Waals surface area contributed by atoms with Gasteiger partial charge < -0.3 is 31.2 Å². The number of hydrogen-bond donors (Lipinski definition) is 3. The van der Waals surface area contributed by atoms with E-state index in [1.807, 2.05) is 48.5 Å². The highest BCUT2D eigenvalue weighted by Gasteiger charge is 2.35. The number of nitrogens with two attached hydrogens (primary N) is 2. The van der Waals surface area contributed by atoms with E-state index in [4.69, 9.17) is 16.6 Å². The van der Waals surface area contributed by atoms with Gasteiger partial charge in [0.15, 0.2) is 23.3 Å². The average Bonchev–Trinajstić information content (AvgIpc) is 3.23. The van der Waals surface area contributed by atoms with Crippen LogP contribution in [0.3, 0.4) is 0 Å². The molecule has 2 fully saturated rings. The first-order chi connectivity index (χ1) is 29.1. The van der Waals surface area contributed by atoms with Crippen LogP contribution >= 0.6 is 0 Å². The predicted molar refractivity (Wildman–Crippen MR) is 235 cm³/mol. The van der Waals surface area contributed by atoms with Gasteiger partial charge in [0.05, 0.1) is 23.2 Å². The summed E-state index contributed by atoms with van der Waals surface area (Å²) >= 11 is 0. The van der Waals surface area contributed by atoms with Gasteiger partial charge in [-0.2, -0.15) is 0 Å². The van der Waals surface area contributed by atoms with Crippen LogP contribution in [0.15, 0.2) is 107 Å². The number of hydrogen-bond acceptors (Lipinski definition) is 14. The number of amides is 2. The number of rotatable bonds is 14. The number of benzene rings is 2. The molecule has 0 spiro atoms. The van der Waals surface area contributed by atoms with Crippen molar-refractivity contribution in [3.05, 3.63) is 130 Å². The first-order valence-corrected chi connectivity index (χ1v) is 19.3. The molecule has 4 aromatic heterocycles. The second-order valence-electron chi connectivity index (χ2n) is 14.2. The van der Waals surface area contributed by atoms with Crippen LogP contribution in [-0.2, 0) is 27.2 Å². The Hall–Kier alpha value is -7.47. The maximum absolute atomic E-state index is 13.1. The minimum absolute atomic E-state index is 0. The number of aryl methyl sites for hydroxylation is 2. The summed E-state index contributed by atoms with van der Waals surface area (Å²) in [5, 5.41) is 9.17. The molecule has 0 unspecified atom stereocenters. The summed E-state index contributed by atoms with van der Waals surface area (Å²) in [6.45, 7) is 1.52. The molecule has 6 heterocycles. The summed E-state index contributed by atoms with van der Waals surface area (Å²) in [4.78, 5) is 89.1. The second-order valence-corrected chi connectivity index (χ2v) is 14.2. The Morgan fingerprint density at radius 2 is 1.03 bits per heavy atom. The fourth-order valence-electron chi connectivity index (χ4n) is 6.66. The lowest BCUT2D eigenvalue weighted by atomic mass is 10.00. The molecule has 322 valence electrons. The minimum Gasteiger partial charge on any atom is -0.396 e. The molecule has 18 heteroatoms. The maximum atomic E-state index is 13.1. The van der Waals surface area contributed by atoms with E-state index in [0.29, 0.717) is 92.1 Å². The average molecular weight is 843 g/mol. The van der Waals surface area contributed by atoms with Crippen LogP contribution in [0.25, 0.3) is 34.2 Å². The second kappa shape index (κ2) is 20.7. The number of carbonyl (C=O) groups excluding carboxylic acids is 3. The molecule has 2 saturated heterocycles. The van der Waals surface area contributed by atoms with E-state index < -0.39 is 0 Å². The lowest BCUT2D eigenvalue weighted by molar-refractivity contribution is -0.123. The lowest BCUT2D eigenvalue weighted by Crippen LogP contribution is -2.54. The van der Waals surface area contributed by atoms with E-state index in [1.54, 1.807) is 63.7 Å². The minimum atomic E-state index is -0.387. The normalized spacial score (nSPS) is 13.3. The Bertz CT molecular complexity index is 2580. The Balaban J connectivity index is 0.000000227. The quantitative estimate of drug-likeness (QED) is 0.133. The van der Waals surface area contributed by atoms with Gasteiger partial charge >= 0.3 is 0 Å². The summed E-state index contributed by atoms with van der Waals surface area (Å²) in [7, 11) is 0. The number of anilines is 2. The molecule has 2 amide bonds. The van der Waals surface area contributed by atoms with Crippen molar-refractivity contribution >= 4 is 29.7 Å². The van der Waals surface area contributed by atoms with Crippen LogP contribution in [0.2, 0.25) is 0 Å². The Morgan fingerprint density at radius 3 is 1.39 bits per heavy atom. The van der Waals surface area contributed by atoms with Crippen LogP contribution in [0.5, 0.6) is 0 Å². The zero-order chi connectivity index (χ0) is 42.2. The van der Waals surface area contributed by atoms with Crippen LogP contribution in [0.4, 0.5) is 11.6 Å². The topological polar surface area (TPSA) is 251 Å². The molecule has 5 N–H and O–H groups in total. The van der Waals surface area contributed by atoms with Gasteiger partial charge in [-0.15, -0.1) is 0 Å². The van der Waals surface area contributed by atoms with Gasteiger partial charge in [0.2, 0.25) is 11.8 Å². The zero-order valence-corrected chi connectivity index (χ0v) is 32.4. The molecule has 18 nitrogen and oxygen atoms in total. The first-order valence-electron chi connectivity index (χ1n) is 19.3. The SMILES string of the molecule is C.C.NC(=O)C1CN(c2nc(CCC=O)cn(-c3ccc(-c4ncccn4)cc3)c2=O)C1.NC(=O)C1CN(c2nc(CCCO)cn(-c3ccc(-c4ncccn4)cc3)c2=O)C1. The van der Waals surface area contributed by atoms with E-state index in [2.05, 4.69) is 29.9 Å². The third kappa shape index (κ3) is 10.3. The Kier molecular flexibility index (Phi) is 15.2. The Morgan fingerprint density at radius 1 is 0.645 bits per heavy atom. The monoisotopic (exact) mass is 842 g/mol. The van der Waals surface area contributed by atoms with Crippen LogP contribution in [0, 0.1) is 11.8 Å². The van der Waals surface area contributed by atoms with Crippen molar-refractivity contribution in [1.82, 2.24) is 39.0 Å². The van der Waals surface area contributed by atoms with Gasteiger partial charge in [-0.1, -0.05) is 14.9 Å². The molecular formula is C44H50N12O6. The van der Waals surface area contributed by atoms with Gasteiger partial charge in [-0.25, -0.2) is 29.9 Å². The fraction of sp³-hybridized carbons (Fsp3) is 0.295. The van der Waals surface area contributed by atoms with Gasteiger partial charge in [-0.05, 0) is 79.9 Å². The molecule has 0 atom stereocenters. The van der Waals surface area contributed by atoms with E-state index in [0.717, 1.165) is 17.4 Å². The van der Waals surface area contributed by atoms with Gasteiger partial charge in [0.1, 0.15) is 6.29 Å². The van der Waals surface area contributed by atoms with Crippen molar-refractivity contribution in [3.8, 4) is 34.2 Å². The largest absolute Gasteiger partial charge is 0.396 e. The summed E-state index contributed by atoms with van der Waals surface area (Å²) in [6, 6.07) is 18.2. The van der Waals surface area contributed by atoms with E-state index >= 15 is 0 Å². The van der Waals surface area contributed by atoms with Crippen LogP contribution in [-0.4, -0.2) is 95.0 Å². The van der Waals surface area contributed by atoms with Crippen molar-refractivity contribution in [1.29, 1.82) is 0 Å². The highest BCUT2D eigenvalue weighted by molar-refractivity contribution is 5.80. The summed E-state index contributed by atoms with van der Waals surface area (Å²) in [6.07, 6.45) is 12.6. The molecule has 8 rings (SSSR count). The van der Waals surface area contributed by atoms with Crippen molar-refractivity contribution in [3.63, 3.8) is 0 Å². The van der Waals surface area contributed by atoms with Gasteiger partial charge in [-0.3, -0.25) is 28.3 Å². The summed E-state index contributed by atoms with van der Waals surface area (Å²) in [5.74, 6) is 0.424. The predicted octanol–water partition coefficient (Wildman–Crippen LogP) is 2.55. The number of nitrogens with zero attached hydrogens (tertiary/aromatic N) is 10. The summed E-state index contributed by atoms with van der Waals surface area (Å²) in [5.41, 5.74) is 14.4. The fourth-order valence-corrected chi connectivity index (χ4v) is 6.66. The van der Waals surface area contributed by atoms with E-state index in [9.17, 15) is 24.0 Å². The highest BCUT2D eigenvalue weighted by atomic mass is 16.3. The molecule has 6 aromatic rings. The van der Waals surface area contributed by atoms with Crippen molar-refractivity contribution in [2.24, 2.45) is 23.3 Å². The van der Waals surface area contributed by atoms with Crippen LogP contribution < -0.4 is 32.4 Å². The number of aldehydes is 1. The Labute approximate surface area is 358 Å². The number of primary amides is 2. The molecule has 62 heavy (non-hydrogen) atoms. The molecular weight excluding hydrogens is 793 g/mol. The van der Waals surface area contributed by atoms with Gasteiger partial charge in [0.25, 0.3) is 11.1 Å². The maximum Gasteiger partial charge on any atom is 0.298 e. The van der Waals surface area contributed by atoms with E-state index in [-0.39, 0.29) is 62.0 Å². The molecule has 0 aliphatic carbocycles. The highest BCUT2D eigenvalue weighted by Crippen LogP contribution is 2.24. The molecule has 0 radical (unpaired) electrons. The lowest BCUT2D eigenvalue weighted by Gasteiger charge is -2.38. The summed E-state index contributed by atoms with van der Waals surface area (Å²) < 4.78 is 3.05. The standard InChI is InChI=1S/C21H22N6O3.C21H20N6O3.2CH4/c2*22-18(29)15-11-26(12-15)20-21(30)27(13-16(25-20)3-1-10-28)17-6-4-14(5-7-17)19-23-8-2-9-24-19;;/h2,4-9,13,15,28H,1,3,10-12H2,(H2,22,29);2,4-10,13,15H,1,3,11-12H2,(H2,22,29);2*1H4. The van der Waals surface area contributed by atoms with Crippen molar-refractivity contribution in [2.45, 2.75) is 40.5 Å². The molecule has 0 bridgehead atoms. The smallest absolute Gasteiger partial charge is 0.298 e. The number of aliphatic hydroxyl groups is 1. The molecule has 2 aromatic carbocycles. The van der Waals surface area contributed by atoms with Crippen molar-refractivity contribution < 1.29 is 19.5 Å². The van der Waals surface area contributed by atoms with Gasteiger partial charge in [0, 0.05) is 98.9 Å². The third-order valence-electron chi connectivity index (χ3n) is 10.1. The number of aromatic nitrogens is 8. The molecule has 2 aliphatic rings. The zero-order valence-electron chi connectivity index (χ0n) is 32.4. The molecule has 0 saturated carbocycles. The van der Waals surface area contributed by atoms with E-state index in [1.165, 1.54) is 4.57 Å². The van der Waals surface area contributed by atoms with Crippen LogP contribution in [0.1, 0.15) is 39.1 Å². The number of aliphatic hydroxyl groups excluding tert-OH is 1. The number of carbonyl (C=O) groups is 3.